The molecular weight excluding hydrogens is 636 g/mol. The van der Waals surface area contributed by atoms with Crippen LogP contribution in [0.1, 0.15) is 72.1 Å². The lowest BCUT2D eigenvalue weighted by molar-refractivity contribution is -0.179. The molecule has 0 radical (unpaired) electrons. The Hall–Kier alpha value is -3.89. The molecule has 2 aromatic rings. The van der Waals surface area contributed by atoms with Crippen LogP contribution in [0.5, 0.6) is 5.75 Å². The van der Waals surface area contributed by atoms with Crippen LogP contribution in [-0.4, -0.2) is 61.8 Å². The van der Waals surface area contributed by atoms with Crippen molar-refractivity contribution in [1.82, 2.24) is 10.6 Å². The van der Waals surface area contributed by atoms with E-state index >= 15 is 0 Å². The number of amides is 2. The van der Waals surface area contributed by atoms with E-state index in [1.54, 1.807) is 38.1 Å². The number of carbonyl (C=O) groups is 4. The number of nitrogens with one attached hydrogen (secondary N) is 2. The van der Waals surface area contributed by atoms with E-state index in [1.807, 2.05) is 51.1 Å². The third kappa shape index (κ3) is 10.3. The molecule has 0 aliphatic carbocycles. The molecule has 48 heavy (non-hydrogen) atoms. The number of hydrogen-bond acceptors (Lipinski definition) is 8. The van der Waals surface area contributed by atoms with Crippen molar-refractivity contribution in [2.45, 2.75) is 91.8 Å². The van der Waals surface area contributed by atoms with Crippen molar-refractivity contribution in [3.8, 4) is 5.75 Å². The quantitative estimate of drug-likeness (QED) is 0.265. The van der Waals surface area contributed by atoms with E-state index in [-0.39, 0.29) is 57.3 Å². The predicted octanol–water partition coefficient (Wildman–Crippen LogP) is 5.76. The van der Waals surface area contributed by atoms with Crippen molar-refractivity contribution in [3.63, 3.8) is 0 Å². The second-order valence-corrected chi connectivity index (χ2v) is 13.7. The second kappa shape index (κ2) is 17.0. The minimum Gasteiger partial charge on any atom is -0.495 e. The molecule has 0 saturated carbocycles. The van der Waals surface area contributed by atoms with Gasteiger partial charge in [0.15, 0.2) is 6.10 Å². The van der Waals surface area contributed by atoms with Gasteiger partial charge in [-0.1, -0.05) is 82.3 Å². The molecule has 2 heterocycles. The molecule has 1 fully saturated rings. The lowest BCUT2D eigenvalue weighted by Gasteiger charge is -2.29. The molecule has 0 aromatic heterocycles. The van der Waals surface area contributed by atoms with Gasteiger partial charge in [0, 0.05) is 25.3 Å². The predicted molar refractivity (Wildman–Crippen MR) is 183 cm³/mol. The van der Waals surface area contributed by atoms with Gasteiger partial charge in [-0.2, -0.15) is 0 Å². The normalized spacial score (nSPS) is 26.2. The standard InChI is InChI=1S/C36H45ClN2O8.CH4/c1-21(2)17-29-34(42)45-27(22(3)31-32(47-31)24-11-8-7-9-12-24)13-10-14-30(40)39-26(19-23-15-16-28(44-6)25(37)18-23)33(41)38-20-36(4,5)35(43)46-29;/h7-12,14-16,18,21-22,26-27,29,31-32H,13,17,19-20H2,1-6H3,(H,38,41)(H,39,40);1H4/b14-10+;/t22?,26-,27?,29+,31?,32?;/m1./s1. The van der Waals surface area contributed by atoms with Crippen LogP contribution < -0.4 is 15.4 Å². The number of epoxide rings is 1. The van der Waals surface area contributed by atoms with Crippen molar-refractivity contribution in [2.75, 3.05) is 13.7 Å². The number of carbonyl (C=O) groups excluding carboxylic acids is 4. The molecule has 0 bridgehead atoms. The van der Waals surface area contributed by atoms with E-state index in [4.69, 9.17) is 30.5 Å². The number of hydrogen-bond donors (Lipinski definition) is 2. The Morgan fingerprint density at radius 2 is 1.73 bits per heavy atom. The highest BCUT2D eigenvalue weighted by Crippen LogP contribution is 2.45. The van der Waals surface area contributed by atoms with Gasteiger partial charge in [0.1, 0.15) is 24.0 Å². The highest BCUT2D eigenvalue weighted by Gasteiger charge is 2.48. The minimum atomic E-state index is -1.20. The zero-order valence-corrected chi connectivity index (χ0v) is 28.5. The Bertz CT molecular complexity index is 1460. The summed E-state index contributed by atoms with van der Waals surface area (Å²) in [6.45, 7) is 8.92. The summed E-state index contributed by atoms with van der Waals surface area (Å²) in [5.41, 5.74) is 0.524. The van der Waals surface area contributed by atoms with Crippen LogP contribution in [0.3, 0.4) is 0 Å². The van der Waals surface area contributed by atoms with Gasteiger partial charge in [-0.25, -0.2) is 4.79 Å². The number of rotatable bonds is 8. The van der Waals surface area contributed by atoms with Gasteiger partial charge in [-0.15, -0.1) is 0 Å². The van der Waals surface area contributed by atoms with Crippen LogP contribution >= 0.6 is 11.6 Å². The maximum atomic E-state index is 13.6. The average molecular weight is 685 g/mol. The first-order chi connectivity index (χ1) is 22.3. The summed E-state index contributed by atoms with van der Waals surface area (Å²) >= 11 is 6.32. The molecule has 6 atom stereocenters. The Morgan fingerprint density at radius 3 is 2.38 bits per heavy atom. The van der Waals surface area contributed by atoms with E-state index in [9.17, 15) is 19.2 Å². The van der Waals surface area contributed by atoms with Gasteiger partial charge in [-0.05, 0) is 55.5 Å². The molecule has 4 unspecified atom stereocenters. The smallest absolute Gasteiger partial charge is 0.347 e. The van der Waals surface area contributed by atoms with E-state index in [0.29, 0.717) is 16.3 Å². The van der Waals surface area contributed by atoms with Crippen molar-refractivity contribution in [3.05, 3.63) is 76.8 Å². The Balaban J connectivity index is 0.00000625. The number of halogens is 1. The molecule has 262 valence electrons. The van der Waals surface area contributed by atoms with E-state index in [2.05, 4.69) is 10.6 Å². The topological polar surface area (TPSA) is 133 Å². The van der Waals surface area contributed by atoms with Crippen molar-refractivity contribution >= 4 is 35.4 Å². The molecule has 2 aliphatic heterocycles. The summed E-state index contributed by atoms with van der Waals surface area (Å²) in [6, 6.07) is 13.9. The zero-order valence-electron chi connectivity index (χ0n) is 27.8. The summed E-state index contributed by atoms with van der Waals surface area (Å²) in [4.78, 5) is 53.6. The number of esters is 2. The monoisotopic (exact) mass is 684 g/mol. The lowest BCUT2D eigenvalue weighted by atomic mass is 9.92. The van der Waals surface area contributed by atoms with Gasteiger partial charge in [0.2, 0.25) is 11.8 Å². The Kier molecular flexibility index (Phi) is 13.6. The highest BCUT2D eigenvalue weighted by molar-refractivity contribution is 6.32. The molecule has 10 nitrogen and oxygen atoms in total. The Labute approximate surface area is 288 Å². The molecule has 1 saturated heterocycles. The van der Waals surface area contributed by atoms with Gasteiger partial charge >= 0.3 is 11.9 Å². The average Bonchev–Trinajstić information content (AvgIpc) is 3.83. The first-order valence-electron chi connectivity index (χ1n) is 16.0. The van der Waals surface area contributed by atoms with Gasteiger partial charge in [0.05, 0.1) is 23.7 Å². The van der Waals surface area contributed by atoms with Gasteiger partial charge in [-0.3, -0.25) is 14.4 Å². The first kappa shape index (κ1) is 38.6. The van der Waals surface area contributed by atoms with Crippen LogP contribution in [0, 0.1) is 17.3 Å². The number of methoxy groups -OCH3 is 1. The molecular formula is C37H49ClN2O8. The third-order valence-electron chi connectivity index (χ3n) is 8.41. The zero-order chi connectivity index (χ0) is 34.3. The summed E-state index contributed by atoms with van der Waals surface area (Å²) in [6.07, 6.45) is 1.34. The summed E-state index contributed by atoms with van der Waals surface area (Å²) in [5, 5.41) is 5.91. The second-order valence-electron chi connectivity index (χ2n) is 13.3. The van der Waals surface area contributed by atoms with Gasteiger partial charge < -0.3 is 29.6 Å². The molecule has 2 amide bonds. The lowest BCUT2D eigenvalue weighted by Crippen LogP contribution is -2.51. The summed E-state index contributed by atoms with van der Waals surface area (Å²) in [5.74, 6) is -2.06. The van der Waals surface area contributed by atoms with Crippen LogP contribution in [0.15, 0.2) is 60.7 Å². The number of ether oxygens (including phenoxy) is 4. The fourth-order valence-electron chi connectivity index (χ4n) is 5.46. The molecule has 11 heteroatoms. The first-order valence-corrected chi connectivity index (χ1v) is 16.4. The van der Waals surface area contributed by atoms with E-state index in [1.165, 1.54) is 13.2 Å². The highest BCUT2D eigenvalue weighted by atomic mass is 35.5. The van der Waals surface area contributed by atoms with E-state index < -0.39 is 47.4 Å². The fraction of sp³-hybridized carbons (Fsp3) is 0.514. The molecule has 2 N–H and O–H groups in total. The summed E-state index contributed by atoms with van der Waals surface area (Å²) in [7, 11) is 1.51. The maximum Gasteiger partial charge on any atom is 0.347 e. The van der Waals surface area contributed by atoms with Crippen molar-refractivity contribution in [1.29, 1.82) is 0 Å². The third-order valence-corrected chi connectivity index (χ3v) is 8.70. The van der Waals surface area contributed by atoms with E-state index in [0.717, 1.165) is 5.56 Å². The van der Waals surface area contributed by atoms with Crippen LogP contribution in [0.4, 0.5) is 0 Å². The minimum absolute atomic E-state index is 0. The van der Waals surface area contributed by atoms with Crippen molar-refractivity contribution in [2.24, 2.45) is 17.3 Å². The molecule has 2 aliphatic rings. The van der Waals surface area contributed by atoms with Gasteiger partial charge in [0.25, 0.3) is 0 Å². The fourth-order valence-corrected chi connectivity index (χ4v) is 5.75. The van der Waals surface area contributed by atoms with Crippen LogP contribution in [0.25, 0.3) is 0 Å². The summed E-state index contributed by atoms with van der Waals surface area (Å²) < 4.78 is 23.1. The molecule has 4 rings (SSSR count). The SMILES string of the molecule is C.COc1ccc(C[C@H]2NC(=O)/C=C/CC(C(C)C3OC3c3ccccc3)OC(=O)[C@H](CC(C)C)OC(=O)C(C)(C)CNC2=O)cc1Cl. The number of benzene rings is 2. The number of cyclic esters (lactones) is 2. The Morgan fingerprint density at radius 1 is 1.02 bits per heavy atom. The molecule has 2 aromatic carbocycles. The maximum absolute atomic E-state index is 13.6. The molecule has 0 spiro atoms. The largest absolute Gasteiger partial charge is 0.495 e. The van der Waals surface area contributed by atoms with Crippen LogP contribution in [0.2, 0.25) is 5.02 Å². The van der Waals surface area contributed by atoms with Crippen molar-refractivity contribution < 1.29 is 38.1 Å². The van der Waals surface area contributed by atoms with Crippen LogP contribution in [-0.2, 0) is 39.8 Å².